The number of nitrogens with zero attached hydrogens (tertiary/aromatic N) is 1. The highest BCUT2D eigenvalue weighted by Gasteiger charge is 2.40. The second-order valence-electron chi connectivity index (χ2n) is 6.20. The number of hydrogen-bond donors (Lipinski definition) is 1. The molecule has 2 heteroatoms. The smallest absolute Gasteiger partial charge is 0.0338 e. The summed E-state index contributed by atoms with van der Waals surface area (Å²) in [6.45, 7) is 6.90. The Kier molecular flexibility index (Phi) is 3.90. The van der Waals surface area contributed by atoms with Crippen molar-refractivity contribution in [3.05, 3.63) is 35.4 Å². The van der Waals surface area contributed by atoms with Gasteiger partial charge in [-0.25, -0.2) is 0 Å². The van der Waals surface area contributed by atoms with Gasteiger partial charge in [0.1, 0.15) is 0 Å². The molecule has 1 spiro atoms. The van der Waals surface area contributed by atoms with Crippen LogP contribution in [0.4, 0.5) is 0 Å². The van der Waals surface area contributed by atoms with E-state index < -0.39 is 0 Å². The van der Waals surface area contributed by atoms with Crippen molar-refractivity contribution in [1.82, 2.24) is 10.2 Å². The van der Waals surface area contributed by atoms with Crippen molar-refractivity contribution in [2.75, 3.05) is 19.6 Å². The van der Waals surface area contributed by atoms with Crippen molar-refractivity contribution in [2.45, 2.75) is 51.1 Å². The summed E-state index contributed by atoms with van der Waals surface area (Å²) < 4.78 is 0. The second-order valence-corrected chi connectivity index (χ2v) is 6.20. The maximum absolute atomic E-state index is 3.61. The lowest BCUT2D eigenvalue weighted by molar-refractivity contribution is 0.0573. The van der Waals surface area contributed by atoms with Crippen molar-refractivity contribution >= 4 is 0 Å². The van der Waals surface area contributed by atoms with Gasteiger partial charge >= 0.3 is 0 Å². The highest BCUT2D eigenvalue weighted by atomic mass is 15.3. The molecular formula is C17H26N2. The molecular weight excluding hydrogens is 232 g/mol. The van der Waals surface area contributed by atoms with Crippen LogP contribution in [0.15, 0.2) is 24.3 Å². The molecule has 0 unspecified atom stereocenters. The monoisotopic (exact) mass is 258 g/mol. The minimum absolute atomic E-state index is 0.460. The number of nitrogens with one attached hydrogen (secondary N) is 1. The van der Waals surface area contributed by atoms with Crippen molar-refractivity contribution in [2.24, 2.45) is 0 Å². The summed E-state index contributed by atoms with van der Waals surface area (Å²) in [5.41, 5.74) is 3.38. The SMILES string of the molecule is CCc1ccc(CN2CCNCC23CCCC3)cc1. The van der Waals surface area contributed by atoms with Crippen LogP contribution in [0.3, 0.4) is 0 Å². The third-order valence-corrected chi connectivity index (χ3v) is 5.02. The maximum Gasteiger partial charge on any atom is 0.0338 e. The summed E-state index contributed by atoms with van der Waals surface area (Å²) >= 11 is 0. The lowest BCUT2D eigenvalue weighted by Crippen LogP contribution is -2.59. The Morgan fingerprint density at radius 1 is 1.11 bits per heavy atom. The van der Waals surface area contributed by atoms with Gasteiger partial charge in [-0.2, -0.15) is 0 Å². The van der Waals surface area contributed by atoms with Crippen LogP contribution in [0, 0.1) is 0 Å². The Labute approximate surface area is 117 Å². The van der Waals surface area contributed by atoms with E-state index in [2.05, 4.69) is 41.4 Å². The van der Waals surface area contributed by atoms with Gasteiger partial charge in [0.2, 0.25) is 0 Å². The van der Waals surface area contributed by atoms with E-state index in [4.69, 9.17) is 0 Å². The van der Waals surface area contributed by atoms with E-state index in [-0.39, 0.29) is 0 Å². The Balaban J connectivity index is 1.72. The van der Waals surface area contributed by atoms with Crippen molar-refractivity contribution in [3.63, 3.8) is 0 Å². The van der Waals surface area contributed by atoms with Gasteiger partial charge in [0.05, 0.1) is 0 Å². The zero-order chi connectivity index (χ0) is 13.1. The van der Waals surface area contributed by atoms with E-state index in [1.807, 2.05) is 0 Å². The molecule has 2 nitrogen and oxygen atoms in total. The largest absolute Gasteiger partial charge is 0.314 e. The molecule has 1 aliphatic carbocycles. The van der Waals surface area contributed by atoms with Crippen molar-refractivity contribution < 1.29 is 0 Å². The first-order valence-corrected chi connectivity index (χ1v) is 7.86. The predicted molar refractivity (Wildman–Crippen MR) is 80.3 cm³/mol. The summed E-state index contributed by atoms with van der Waals surface area (Å²) in [5.74, 6) is 0. The average Bonchev–Trinajstić information content (AvgIpc) is 2.92. The number of benzene rings is 1. The summed E-state index contributed by atoms with van der Waals surface area (Å²) in [6.07, 6.45) is 6.72. The van der Waals surface area contributed by atoms with Crippen LogP contribution in [0.5, 0.6) is 0 Å². The van der Waals surface area contributed by atoms with Crippen LogP contribution >= 0.6 is 0 Å². The average molecular weight is 258 g/mol. The second kappa shape index (κ2) is 5.64. The first-order valence-electron chi connectivity index (χ1n) is 7.86. The summed E-state index contributed by atoms with van der Waals surface area (Å²) in [5, 5.41) is 3.61. The number of hydrogen-bond acceptors (Lipinski definition) is 2. The molecule has 1 saturated carbocycles. The zero-order valence-corrected chi connectivity index (χ0v) is 12.1. The van der Waals surface area contributed by atoms with E-state index in [1.165, 1.54) is 49.9 Å². The van der Waals surface area contributed by atoms with Gasteiger partial charge in [-0.15, -0.1) is 0 Å². The lowest BCUT2D eigenvalue weighted by Gasteiger charge is -2.45. The zero-order valence-electron chi connectivity index (χ0n) is 12.1. The Morgan fingerprint density at radius 3 is 2.47 bits per heavy atom. The van der Waals surface area contributed by atoms with Crippen LogP contribution in [-0.2, 0) is 13.0 Å². The Morgan fingerprint density at radius 2 is 1.79 bits per heavy atom. The van der Waals surface area contributed by atoms with Gasteiger partial charge in [-0.3, -0.25) is 4.90 Å². The summed E-state index contributed by atoms with van der Waals surface area (Å²) in [6, 6.07) is 9.23. The molecule has 0 atom stereocenters. The number of rotatable bonds is 3. The third-order valence-electron chi connectivity index (χ3n) is 5.02. The molecule has 0 aromatic heterocycles. The molecule has 2 fully saturated rings. The van der Waals surface area contributed by atoms with E-state index in [1.54, 1.807) is 0 Å². The predicted octanol–water partition coefficient (Wildman–Crippen LogP) is 2.97. The molecule has 19 heavy (non-hydrogen) atoms. The fourth-order valence-corrected chi connectivity index (χ4v) is 3.76. The van der Waals surface area contributed by atoms with Gasteiger partial charge in [0, 0.05) is 31.7 Å². The molecule has 2 aliphatic rings. The van der Waals surface area contributed by atoms with Crippen LogP contribution in [0.2, 0.25) is 0 Å². The maximum atomic E-state index is 3.61. The van der Waals surface area contributed by atoms with E-state index in [9.17, 15) is 0 Å². The summed E-state index contributed by atoms with van der Waals surface area (Å²) in [4.78, 5) is 2.75. The fourth-order valence-electron chi connectivity index (χ4n) is 3.76. The van der Waals surface area contributed by atoms with Gasteiger partial charge in [-0.1, -0.05) is 44.0 Å². The van der Waals surface area contributed by atoms with E-state index >= 15 is 0 Å². The van der Waals surface area contributed by atoms with Gasteiger partial charge in [0.15, 0.2) is 0 Å². The third kappa shape index (κ3) is 2.70. The molecule has 3 rings (SSSR count). The topological polar surface area (TPSA) is 15.3 Å². The quantitative estimate of drug-likeness (QED) is 0.896. The van der Waals surface area contributed by atoms with E-state index in [0.717, 1.165) is 19.5 Å². The number of aryl methyl sites for hydroxylation is 1. The molecule has 104 valence electrons. The van der Waals surface area contributed by atoms with Gasteiger partial charge in [0.25, 0.3) is 0 Å². The normalized spacial score (nSPS) is 23.0. The standard InChI is InChI=1S/C17H26N2/c1-2-15-5-7-16(8-6-15)13-19-12-11-18-14-17(19)9-3-4-10-17/h5-8,18H,2-4,9-14H2,1H3. The molecule has 1 heterocycles. The molecule has 1 saturated heterocycles. The molecule has 1 aromatic rings. The summed E-state index contributed by atoms with van der Waals surface area (Å²) in [7, 11) is 0. The van der Waals surface area contributed by atoms with Gasteiger partial charge in [-0.05, 0) is 30.4 Å². The lowest BCUT2D eigenvalue weighted by atomic mass is 9.92. The van der Waals surface area contributed by atoms with E-state index in [0.29, 0.717) is 5.54 Å². The highest BCUT2D eigenvalue weighted by Crippen LogP contribution is 2.36. The highest BCUT2D eigenvalue weighted by molar-refractivity contribution is 5.23. The minimum atomic E-state index is 0.460. The van der Waals surface area contributed by atoms with Crippen LogP contribution in [-0.4, -0.2) is 30.1 Å². The molecule has 0 bridgehead atoms. The molecule has 1 N–H and O–H groups in total. The van der Waals surface area contributed by atoms with Gasteiger partial charge < -0.3 is 5.32 Å². The van der Waals surface area contributed by atoms with Crippen molar-refractivity contribution in [1.29, 1.82) is 0 Å². The Bertz CT molecular complexity index is 404. The minimum Gasteiger partial charge on any atom is -0.314 e. The van der Waals surface area contributed by atoms with Crippen molar-refractivity contribution in [3.8, 4) is 0 Å². The molecule has 1 aliphatic heterocycles. The first-order chi connectivity index (χ1) is 9.32. The first kappa shape index (κ1) is 13.1. The molecule has 0 amide bonds. The number of piperazine rings is 1. The molecule has 1 aromatic carbocycles. The van der Waals surface area contributed by atoms with Crippen LogP contribution in [0.1, 0.15) is 43.7 Å². The van der Waals surface area contributed by atoms with Crippen LogP contribution < -0.4 is 5.32 Å². The van der Waals surface area contributed by atoms with Crippen LogP contribution in [0.25, 0.3) is 0 Å². The Hall–Kier alpha value is -0.860. The molecule has 0 radical (unpaired) electrons. The fraction of sp³-hybridized carbons (Fsp3) is 0.647.